The first-order chi connectivity index (χ1) is 16.1. The van der Waals surface area contributed by atoms with E-state index >= 15 is 0 Å². The molecule has 0 aromatic carbocycles. The van der Waals surface area contributed by atoms with Crippen LogP contribution in [0.1, 0.15) is 12.6 Å². The summed E-state index contributed by atoms with van der Waals surface area (Å²) in [6, 6.07) is 0. The van der Waals surface area contributed by atoms with Crippen LogP contribution >= 0.6 is 7.82 Å². The lowest BCUT2D eigenvalue weighted by atomic mass is 10.1. The fraction of sp³-hybridized carbons (Fsp3) is 0.316. The number of aliphatic hydroxyl groups is 2. The highest BCUT2D eigenvalue weighted by molar-refractivity contribution is 7.48. The molecule has 0 saturated carbocycles. The van der Waals surface area contributed by atoms with Crippen LogP contribution < -0.4 is 5.73 Å². The number of aliphatic hydroxyl groups excluding tert-OH is 2. The van der Waals surface area contributed by atoms with Gasteiger partial charge in [0.05, 0.1) is 12.9 Å². The summed E-state index contributed by atoms with van der Waals surface area (Å²) in [6.45, 7) is -0.681. The van der Waals surface area contributed by atoms with Crippen LogP contribution in [0.2, 0.25) is 0 Å². The second kappa shape index (κ2) is 9.54. The topological polar surface area (TPSA) is 209 Å². The maximum atomic E-state index is 12.1. The lowest BCUT2D eigenvalue weighted by molar-refractivity contribution is -0.131. The van der Waals surface area contributed by atoms with E-state index in [1.807, 2.05) is 0 Å². The van der Waals surface area contributed by atoms with Crippen molar-refractivity contribution in [3.63, 3.8) is 0 Å². The first-order valence-corrected chi connectivity index (χ1v) is 11.4. The summed E-state index contributed by atoms with van der Waals surface area (Å²) >= 11 is 0. The molecule has 2 aromatic rings. The first kappa shape index (κ1) is 23.9. The Balaban J connectivity index is 1.35. The van der Waals surface area contributed by atoms with Crippen LogP contribution in [0.4, 0.5) is 5.82 Å². The molecule has 34 heavy (non-hydrogen) atoms. The molecule has 0 bridgehead atoms. The van der Waals surface area contributed by atoms with Crippen molar-refractivity contribution in [3.05, 3.63) is 48.6 Å². The number of imidazole rings is 1. The second-order valence-corrected chi connectivity index (χ2v) is 8.72. The summed E-state index contributed by atoms with van der Waals surface area (Å²) in [4.78, 5) is 44.7. The van der Waals surface area contributed by atoms with Crippen LogP contribution in [0.15, 0.2) is 48.6 Å². The van der Waals surface area contributed by atoms with Crippen molar-refractivity contribution in [3.8, 4) is 0 Å². The molecule has 2 aliphatic rings. The van der Waals surface area contributed by atoms with Crippen LogP contribution in [0.3, 0.4) is 0 Å². The third-order valence-corrected chi connectivity index (χ3v) is 5.90. The average molecular weight is 493 g/mol. The van der Waals surface area contributed by atoms with Crippen molar-refractivity contribution in [1.29, 1.82) is 0 Å². The van der Waals surface area contributed by atoms with E-state index in [2.05, 4.69) is 19.5 Å². The summed E-state index contributed by atoms with van der Waals surface area (Å²) in [7, 11) is -4.87. The van der Waals surface area contributed by atoms with E-state index in [0.717, 1.165) is 6.08 Å². The van der Waals surface area contributed by atoms with E-state index in [9.17, 15) is 29.3 Å². The number of phosphoric ester groups is 1. The van der Waals surface area contributed by atoms with Crippen molar-refractivity contribution in [1.82, 2.24) is 19.5 Å². The summed E-state index contributed by atoms with van der Waals surface area (Å²) < 4.78 is 28.2. The van der Waals surface area contributed by atoms with Gasteiger partial charge >= 0.3 is 13.8 Å². The Bertz CT molecular complexity index is 1260. The number of ether oxygens (including phenoxy) is 1. The van der Waals surface area contributed by atoms with E-state index in [0.29, 0.717) is 5.57 Å². The average Bonchev–Trinajstić information content (AvgIpc) is 3.34. The number of anilines is 1. The maximum Gasteiger partial charge on any atom is 0.529 e. The standard InChI is InChI=1S/C19H20N5O9P/c20-17-14-18(22-8-21-17)24(9-23-14)19-16(28)15(27)12(32-19)7-31-34(29,30)33-13(26)6-3-10-1-4-11(25)5-2-10/h1-4,6,8-9,12,15-16,19,27-28H,5,7H2,(H,29,30)(H2,20,21,22)/b6-3+/t12-,15-,16-,19-/m1/s1. The Kier molecular flexibility index (Phi) is 6.70. The van der Waals surface area contributed by atoms with Gasteiger partial charge in [-0.3, -0.25) is 18.8 Å². The Morgan fingerprint density at radius 3 is 2.82 bits per heavy atom. The van der Waals surface area contributed by atoms with Gasteiger partial charge < -0.3 is 25.2 Å². The van der Waals surface area contributed by atoms with Crippen LogP contribution in [0.5, 0.6) is 0 Å². The molecule has 1 unspecified atom stereocenters. The number of allylic oxidation sites excluding steroid dienone is 5. The summed E-state index contributed by atoms with van der Waals surface area (Å²) in [5.74, 6) is -1.14. The monoisotopic (exact) mass is 493 g/mol. The lowest BCUT2D eigenvalue weighted by Gasteiger charge is -2.17. The molecule has 3 heterocycles. The highest BCUT2D eigenvalue weighted by atomic mass is 31.2. The van der Waals surface area contributed by atoms with E-state index in [4.69, 9.17) is 15.0 Å². The van der Waals surface area contributed by atoms with Gasteiger partial charge in [0.2, 0.25) is 0 Å². The molecule has 4 rings (SSSR count). The molecule has 5 atom stereocenters. The van der Waals surface area contributed by atoms with Crippen LogP contribution in [-0.4, -0.2) is 71.3 Å². The third-order valence-electron chi connectivity index (χ3n) is 5.02. The van der Waals surface area contributed by atoms with E-state index in [1.54, 1.807) is 6.08 Å². The molecule has 1 aliphatic heterocycles. The molecular formula is C19H20N5O9P. The maximum absolute atomic E-state index is 12.1. The van der Waals surface area contributed by atoms with Gasteiger partial charge in [0.15, 0.2) is 23.5 Å². The van der Waals surface area contributed by atoms with Gasteiger partial charge in [0.1, 0.15) is 30.2 Å². The number of carbonyl (C=O) groups excluding carboxylic acids is 2. The van der Waals surface area contributed by atoms with Crippen LogP contribution in [0.25, 0.3) is 11.2 Å². The zero-order chi connectivity index (χ0) is 24.5. The number of fused-ring (bicyclic) bond motifs is 1. The zero-order valence-electron chi connectivity index (χ0n) is 17.4. The van der Waals surface area contributed by atoms with Gasteiger partial charge in [0.25, 0.3) is 0 Å². The van der Waals surface area contributed by atoms with Gasteiger partial charge in [-0.25, -0.2) is 24.3 Å². The fourth-order valence-corrected chi connectivity index (χ4v) is 4.00. The lowest BCUT2D eigenvalue weighted by Crippen LogP contribution is -2.33. The number of phosphoric acid groups is 1. The third kappa shape index (κ3) is 5.12. The molecule has 15 heteroatoms. The highest BCUT2D eigenvalue weighted by Crippen LogP contribution is 2.44. The molecule has 1 aliphatic carbocycles. The second-order valence-electron chi connectivity index (χ2n) is 7.35. The smallest absolute Gasteiger partial charge is 0.387 e. The van der Waals surface area contributed by atoms with E-state index < -0.39 is 44.9 Å². The van der Waals surface area contributed by atoms with Gasteiger partial charge in [0, 0.05) is 12.5 Å². The Morgan fingerprint density at radius 1 is 1.29 bits per heavy atom. The van der Waals surface area contributed by atoms with Gasteiger partial charge in [-0.2, -0.15) is 0 Å². The number of nitrogens with two attached hydrogens (primary N) is 1. The summed E-state index contributed by atoms with van der Waals surface area (Å²) in [5, 5.41) is 20.7. The zero-order valence-corrected chi connectivity index (χ0v) is 18.3. The quantitative estimate of drug-likeness (QED) is 0.289. The van der Waals surface area contributed by atoms with Crippen molar-refractivity contribution >= 4 is 36.6 Å². The molecule has 1 saturated heterocycles. The largest absolute Gasteiger partial charge is 0.529 e. The Labute approximate surface area is 191 Å². The molecule has 0 amide bonds. The number of ketones is 1. The molecule has 5 N–H and O–H groups in total. The van der Waals surface area contributed by atoms with Gasteiger partial charge in [-0.05, 0) is 17.7 Å². The Hall–Kier alpha value is -3.26. The van der Waals surface area contributed by atoms with Crippen LogP contribution in [0, 0.1) is 0 Å². The summed E-state index contributed by atoms with van der Waals surface area (Å²) in [5.41, 5.74) is 6.79. The molecule has 2 aromatic heterocycles. The minimum atomic E-state index is -4.87. The fourth-order valence-electron chi connectivity index (χ4n) is 3.32. The number of carbonyl (C=O) groups is 2. The van der Waals surface area contributed by atoms with Gasteiger partial charge in [-0.15, -0.1) is 0 Å². The van der Waals surface area contributed by atoms with Crippen molar-refractivity contribution in [2.75, 3.05) is 12.3 Å². The highest BCUT2D eigenvalue weighted by Gasteiger charge is 2.45. The van der Waals surface area contributed by atoms with Crippen LogP contribution in [-0.2, 0) is 27.9 Å². The predicted octanol–water partition coefficient (Wildman–Crippen LogP) is -0.301. The van der Waals surface area contributed by atoms with Crippen molar-refractivity contribution < 1.29 is 43.0 Å². The SMILES string of the molecule is Nc1ncnc2c1ncn2[C@@H]1O[C@H](COP(=O)(O)OC(=O)/C=C/C2=CCC(=O)C=C2)[C@@H](O)[C@H]1O. The molecule has 0 spiro atoms. The predicted molar refractivity (Wildman–Crippen MR) is 114 cm³/mol. The van der Waals surface area contributed by atoms with E-state index in [1.165, 1.54) is 35.4 Å². The van der Waals surface area contributed by atoms with Gasteiger partial charge in [-0.1, -0.05) is 12.2 Å². The minimum Gasteiger partial charge on any atom is -0.387 e. The molecule has 0 radical (unpaired) electrons. The Morgan fingerprint density at radius 2 is 2.09 bits per heavy atom. The normalized spacial score (nSPS) is 26.7. The number of nitrogens with zero attached hydrogens (tertiary/aromatic N) is 4. The van der Waals surface area contributed by atoms with Crippen molar-refractivity contribution in [2.24, 2.45) is 0 Å². The van der Waals surface area contributed by atoms with Crippen molar-refractivity contribution in [2.45, 2.75) is 31.0 Å². The number of hydrogen-bond donors (Lipinski definition) is 4. The first-order valence-electron chi connectivity index (χ1n) is 9.89. The number of nitrogen functional groups attached to an aromatic ring is 1. The number of aromatic nitrogens is 4. The number of rotatable bonds is 7. The molecule has 1 fully saturated rings. The minimum absolute atomic E-state index is 0.0877. The summed E-state index contributed by atoms with van der Waals surface area (Å²) in [6.07, 6.45) is 3.89. The molecular weight excluding hydrogens is 473 g/mol. The molecule has 14 nitrogen and oxygen atoms in total. The van der Waals surface area contributed by atoms with E-state index in [-0.39, 0.29) is 29.2 Å². The number of hydrogen-bond acceptors (Lipinski definition) is 12. The molecule has 180 valence electrons.